The number of hydrogen-bond donors (Lipinski definition) is 2. The highest BCUT2D eigenvalue weighted by Crippen LogP contribution is 2.16. The van der Waals surface area contributed by atoms with E-state index in [1.807, 2.05) is 42.5 Å². The Morgan fingerprint density at radius 3 is 2.75 bits per heavy atom. The van der Waals surface area contributed by atoms with Crippen LogP contribution in [0.2, 0.25) is 0 Å². The number of carbonyl (C=O) groups excluding carboxylic acids is 2. The van der Waals surface area contributed by atoms with Gasteiger partial charge in [0.2, 0.25) is 11.8 Å². The van der Waals surface area contributed by atoms with E-state index in [1.54, 1.807) is 4.90 Å². The van der Waals surface area contributed by atoms with Crippen LogP contribution in [-0.4, -0.2) is 47.6 Å². The van der Waals surface area contributed by atoms with Crippen molar-refractivity contribution < 1.29 is 14.7 Å². The highest BCUT2D eigenvalue weighted by Gasteiger charge is 2.22. The van der Waals surface area contributed by atoms with Gasteiger partial charge in [0.15, 0.2) is 0 Å². The number of benzene rings is 2. The maximum Gasteiger partial charge on any atom is 0.224 e. The molecule has 5 nitrogen and oxygen atoms in total. The number of hydrogen-bond acceptors (Lipinski definition) is 3. The number of carbonyl (C=O) groups is 2. The number of rotatable bonds is 6. The molecule has 2 aromatic carbocycles. The first-order chi connectivity index (χ1) is 11.6. The van der Waals surface area contributed by atoms with Crippen molar-refractivity contribution in [3.05, 3.63) is 48.0 Å². The number of nitrogens with zero attached hydrogens (tertiary/aromatic N) is 1. The number of β-amino-alcohol motifs (C(OH)–C–C–N with tert-alkyl or cyclic N) is 1. The summed E-state index contributed by atoms with van der Waals surface area (Å²) >= 11 is 0. The average Bonchev–Trinajstić information content (AvgIpc) is 2.98. The molecular formula is C19H22N2O3. The Morgan fingerprint density at radius 1 is 1.21 bits per heavy atom. The first kappa shape index (κ1) is 16.5. The van der Waals surface area contributed by atoms with Crippen molar-refractivity contribution in [1.29, 1.82) is 0 Å². The molecule has 126 valence electrons. The van der Waals surface area contributed by atoms with E-state index in [4.69, 9.17) is 0 Å². The number of likely N-dealkylation sites (tertiary alicyclic amines) is 1. The Hall–Kier alpha value is -2.40. The molecule has 1 aliphatic rings. The molecule has 1 saturated heterocycles. The van der Waals surface area contributed by atoms with Crippen LogP contribution in [-0.2, 0) is 16.0 Å². The van der Waals surface area contributed by atoms with Crippen molar-refractivity contribution in [2.45, 2.75) is 25.4 Å². The van der Waals surface area contributed by atoms with Gasteiger partial charge in [0.05, 0.1) is 12.5 Å². The summed E-state index contributed by atoms with van der Waals surface area (Å²) in [6.45, 7) is 1.15. The van der Waals surface area contributed by atoms with Crippen LogP contribution in [0.25, 0.3) is 10.8 Å². The van der Waals surface area contributed by atoms with Crippen molar-refractivity contribution in [2.24, 2.45) is 0 Å². The smallest absolute Gasteiger partial charge is 0.224 e. The fraction of sp³-hybridized carbons (Fsp3) is 0.368. The number of aliphatic hydroxyl groups excluding tert-OH is 1. The van der Waals surface area contributed by atoms with Gasteiger partial charge < -0.3 is 15.3 Å². The molecule has 1 aliphatic heterocycles. The fourth-order valence-electron chi connectivity index (χ4n) is 3.04. The van der Waals surface area contributed by atoms with Gasteiger partial charge in [-0.3, -0.25) is 9.59 Å². The molecule has 0 radical (unpaired) electrons. The standard InChI is InChI=1S/C19H22N2O3/c22-17(13-21-9-3-6-19(21)24)12-20-18(23)11-14-7-8-15-4-1-2-5-16(15)10-14/h1-2,4-5,7-8,10,17,22H,3,6,9,11-13H2,(H,20,23)/t17-/m0/s1. The predicted molar refractivity (Wildman–Crippen MR) is 92.5 cm³/mol. The lowest BCUT2D eigenvalue weighted by Crippen LogP contribution is -2.41. The summed E-state index contributed by atoms with van der Waals surface area (Å²) in [6.07, 6.45) is 0.953. The SMILES string of the molecule is O=C(Cc1ccc2ccccc2c1)NC[C@H](O)CN1CCCC1=O. The second-order valence-electron chi connectivity index (χ2n) is 6.26. The Bertz CT molecular complexity index is 744. The third-order valence-corrected chi connectivity index (χ3v) is 4.32. The Morgan fingerprint density at radius 2 is 2.00 bits per heavy atom. The molecule has 2 aromatic rings. The van der Waals surface area contributed by atoms with Crippen molar-refractivity contribution in [3.63, 3.8) is 0 Å². The second-order valence-corrected chi connectivity index (χ2v) is 6.26. The van der Waals surface area contributed by atoms with Gasteiger partial charge in [-0.05, 0) is 22.8 Å². The summed E-state index contributed by atoms with van der Waals surface area (Å²) in [5.74, 6) is -0.0476. The molecule has 1 atom stereocenters. The Labute approximate surface area is 141 Å². The Balaban J connectivity index is 1.48. The predicted octanol–water partition coefficient (Wildman–Crippen LogP) is 1.48. The van der Waals surface area contributed by atoms with Gasteiger partial charge in [0, 0.05) is 26.1 Å². The lowest BCUT2D eigenvalue weighted by Gasteiger charge is -2.20. The largest absolute Gasteiger partial charge is 0.389 e. The average molecular weight is 326 g/mol. The molecule has 1 fully saturated rings. The highest BCUT2D eigenvalue weighted by molar-refractivity contribution is 5.85. The quantitative estimate of drug-likeness (QED) is 0.845. The van der Waals surface area contributed by atoms with Gasteiger partial charge in [-0.1, -0.05) is 42.5 Å². The highest BCUT2D eigenvalue weighted by atomic mass is 16.3. The first-order valence-corrected chi connectivity index (χ1v) is 8.32. The summed E-state index contributed by atoms with van der Waals surface area (Å²) in [6, 6.07) is 14.0. The molecule has 24 heavy (non-hydrogen) atoms. The van der Waals surface area contributed by atoms with E-state index in [-0.39, 0.29) is 31.3 Å². The van der Waals surface area contributed by atoms with E-state index in [2.05, 4.69) is 5.32 Å². The molecular weight excluding hydrogens is 304 g/mol. The Kier molecular flexibility index (Phi) is 5.11. The van der Waals surface area contributed by atoms with E-state index in [9.17, 15) is 14.7 Å². The lowest BCUT2D eigenvalue weighted by molar-refractivity contribution is -0.128. The van der Waals surface area contributed by atoms with E-state index in [0.29, 0.717) is 13.0 Å². The van der Waals surface area contributed by atoms with Gasteiger partial charge in [-0.2, -0.15) is 0 Å². The van der Waals surface area contributed by atoms with Gasteiger partial charge in [-0.15, -0.1) is 0 Å². The van der Waals surface area contributed by atoms with Gasteiger partial charge in [0.25, 0.3) is 0 Å². The zero-order chi connectivity index (χ0) is 16.9. The van der Waals surface area contributed by atoms with Crippen LogP contribution < -0.4 is 5.32 Å². The molecule has 5 heteroatoms. The maximum atomic E-state index is 12.1. The van der Waals surface area contributed by atoms with Crippen LogP contribution >= 0.6 is 0 Å². The third kappa shape index (κ3) is 4.11. The molecule has 3 rings (SSSR count). The van der Waals surface area contributed by atoms with E-state index >= 15 is 0 Å². The van der Waals surface area contributed by atoms with Crippen molar-refractivity contribution >= 4 is 22.6 Å². The van der Waals surface area contributed by atoms with Crippen LogP contribution in [0.5, 0.6) is 0 Å². The molecule has 0 spiro atoms. The first-order valence-electron chi connectivity index (χ1n) is 8.32. The third-order valence-electron chi connectivity index (χ3n) is 4.32. The van der Waals surface area contributed by atoms with Crippen molar-refractivity contribution in [2.75, 3.05) is 19.6 Å². The maximum absolute atomic E-state index is 12.1. The topological polar surface area (TPSA) is 69.6 Å². The minimum absolute atomic E-state index is 0.0801. The summed E-state index contributed by atoms with van der Waals surface area (Å²) in [5, 5.41) is 15.0. The summed E-state index contributed by atoms with van der Waals surface area (Å²) in [4.78, 5) is 25.2. The summed E-state index contributed by atoms with van der Waals surface area (Å²) < 4.78 is 0. The number of nitrogens with one attached hydrogen (secondary N) is 1. The monoisotopic (exact) mass is 326 g/mol. The number of fused-ring (bicyclic) bond motifs is 1. The van der Waals surface area contributed by atoms with Crippen LogP contribution in [0.1, 0.15) is 18.4 Å². The van der Waals surface area contributed by atoms with E-state index < -0.39 is 6.10 Å². The van der Waals surface area contributed by atoms with Crippen LogP contribution in [0.3, 0.4) is 0 Å². The van der Waals surface area contributed by atoms with E-state index in [1.165, 1.54) is 0 Å². The van der Waals surface area contributed by atoms with Gasteiger partial charge >= 0.3 is 0 Å². The molecule has 1 heterocycles. The minimum atomic E-state index is -0.729. The number of amides is 2. The molecule has 0 unspecified atom stereocenters. The normalized spacial score (nSPS) is 15.7. The molecule has 2 N–H and O–H groups in total. The summed E-state index contributed by atoms with van der Waals surface area (Å²) in [7, 11) is 0. The van der Waals surface area contributed by atoms with Gasteiger partial charge in [-0.25, -0.2) is 0 Å². The molecule has 0 bridgehead atoms. The molecule has 0 aromatic heterocycles. The minimum Gasteiger partial charge on any atom is -0.389 e. The van der Waals surface area contributed by atoms with Crippen LogP contribution in [0, 0.1) is 0 Å². The summed E-state index contributed by atoms with van der Waals surface area (Å²) in [5.41, 5.74) is 0.940. The zero-order valence-corrected chi connectivity index (χ0v) is 13.6. The molecule has 0 saturated carbocycles. The van der Waals surface area contributed by atoms with Crippen molar-refractivity contribution in [3.8, 4) is 0 Å². The van der Waals surface area contributed by atoms with Crippen LogP contribution in [0.15, 0.2) is 42.5 Å². The molecule has 0 aliphatic carbocycles. The van der Waals surface area contributed by atoms with Crippen LogP contribution in [0.4, 0.5) is 0 Å². The zero-order valence-electron chi connectivity index (χ0n) is 13.6. The fourth-order valence-corrected chi connectivity index (χ4v) is 3.04. The van der Waals surface area contributed by atoms with E-state index in [0.717, 1.165) is 22.8 Å². The van der Waals surface area contributed by atoms with Crippen molar-refractivity contribution in [1.82, 2.24) is 10.2 Å². The second kappa shape index (κ2) is 7.45. The lowest BCUT2D eigenvalue weighted by atomic mass is 10.0. The molecule has 2 amide bonds. The number of aliphatic hydroxyl groups is 1. The van der Waals surface area contributed by atoms with Gasteiger partial charge in [0.1, 0.15) is 0 Å².